The number of carboxylic acids is 1. The number of alkyl carbamates (subject to hydrolysis) is 1. The second-order valence-electron chi connectivity index (χ2n) is 2.46. The minimum absolute atomic E-state index is 0.306. The van der Waals surface area contributed by atoms with E-state index in [1.807, 2.05) is 0 Å². The predicted octanol–water partition coefficient (Wildman–Crippen LogP) is -0.465. The van der Waals surface area contributed by atoms with Gasteiger partial charge in [0.15, 0.2) is 0 Å². The van der Waals surface area contributed by atoms with Crippen LogP contribution in [0, 0.1) is 0 Å². The van der Waals surface area contributed by atoms with Gasteiger partial charge in [-0.15, -0.1) is 0 Å². The fraction of sp³-hybridized carbons (Fsp3) is 0.714. The van der Waals surface area contributed by atoms with Crippen LogP contribution in [0.2, 0.25) is 0 Å². The minimum Gasteiger partial charge on any atom is -0.480 e. The first-order valence-corrected chi connectivity index (χ1v) is 3.89. The van der Waals surface area contributed by atoms with Crippen molar-refractivity contribution < 1.29 is 19.4 Å². The van der Waals surface area contributed by atoms with E-state index in [9.17, 15) is 9.59 Å². The van der Waals surface area contributed by atoms with Crippen LogP contribution in [0.3, 0.4) is 0 Å². The van der Waals surface area contributed by atoms with E-state index < -0.39 is 18.1 Å². The van der Waals surface area contributed by atoms with Gasteiger partial charge in [-0.05, 0) is 19.4 Å². The number of nitrogens with one attached hydrogen (secondary N) is 1. The molecule has 6 heteroatoms. The SMILES string of the molecule is COC(=O)NC(CCCN)C(=O)O. The van der Waals surface area contributed by atoms with Crippen LogP contribution in [-0.4, -0.2) is 36.9 Å². The number of hydrogen-bond acceptors (Lipinski definition) is 4. The average molecular weight is 190 g/mol. The monoisotopic (exact) mass is 190 g/mol. The first-order valence-electron chi connectivity index (χ1n) is 3.89. The number of rotatable bonds is 5. The number of nitrogens with two attached hydrogens (primary N) is 1. The van der Waals surface area contributed by atoms with Crippen molar-refractivity contribution in [2.75, 3.05) is 13.7 Å². The molecule has 1 atom stereocenters. The molecule has 1 unspecified atom stereocenters. The van der Waals surface area contributed by atoms with Gasteiger partial charge in [-0.2, -0.15) is 0 Å². The maximum atomic E-state index is 10.7. The summed E-state index contributed by atoms with van der Waals surface area (Å²) in [4.78, 5) is 21.2. The van der Waals surface area contributed by atoms with Crippen molar-refractivity contribution in [1.29, 1.82) is 0 Å². The van der Waals surface area contributed by atoms with E-state index in [2.05, 4.69) is 10.1 Å². The number of hydrogen-bond donors (Lipinski definition) is 3. The summed E-state index contributed by atoms with van der Waals surface area (Å²) in [5.41, 5.74) is 5.20. The zero-order valence-corrected chi connectivity index (χ0v) is 7.45. The average Bonchev–Trinajstić information content (AvgIpc) is 2.11. The van der Waals surface area contributed by atoms with Gasteiger partial charge < -0.3 is 20.9 Å². The molecule has 0 radical (unpaired) electrons. The standard InChI is InChI=1S/C7H14N2O4/c1-13-7(12)9-5(6(10)11)3-2-4-8/h5H,2-4,8H2,1H3,(H,9,12)(H,10,11). The molecule has 0 aliphatic carbocycles. The van der Waals surface area contributed by atoms with Crippen LogP contribution in [0.1, 0.15) is 12.8 Å². The highest BCUT2D eigenvalue weighted by Crippen LogP contribution is 1.96. The lowest BCUT2D eigenvalue weighted by Crippen LogP contribution is -2.40. The highest BCUT2D eigenvalue weighted by atomic mass is 16.5. The molecule has 0 heterocycles. The Hall–Kier alpha value is -1.30. The second-order valence-corrected chi connectivity index (χ2v) is 2.46. The van der Waals surface area contributed by atoms with Gasteiger partial charge in [-0.3, -0.25) is 0 Å². The molecular formula is C7H14N2O4. The maximum absolute atomic E-state index is 10.7. The van der Waals surface area contributed by atoms with Crippen molar-refractivity contribution in [2.24, 2.45) is 5.73 Å². The van der Waals surface area contributed by atoms with Crippen molar-refractivity contribution in [3.63, 3.8) is 0 Å². The molecular weight excluding hydrogens is 176 g/mol. The van der Waals surface area contributed by atoms with E-state index in [1.165, 1.54) is 7.11 Å². The van der Waals surface area contributed by atoms with Crippen molar-refractivity contribution in [3.8, 4) is 0 Å². The normalized spacial score (nSPS) is 11.8. The van der Waals surface area contributed by atoms with Gasteiger partial charge in [0.2, 0.25) is 0 Å². The molecule has 76 valence electrons. The Labute approximate surface area is 76.0 Å². The van der Waals surface area contributed by atoms with E-state index in [0.29, 0.717) is 19.4 Å². The van der Waals surface area contributed by atoms with Gasteiger partial charge in [0, 0.05) is 0 Å². The van der Waals surface area contributed by atoms with E-state index in [0.717, 1.165) is 0 Å². The summed E-state index contributed by atoms with van der Waals surface area (Å²) in [6.45, 7) is 0.395. The lowest BCUT2D eigenvalue weighted by Gasteiger charge is -2.12. The van der Waals surface area contributed by atoms with Crippen LogP contribution in [0.5, 0.6) is 0 Å². The fourth-order valence-corrected chi connectivity index (χ4v) is 0.781. The molecule has 0 saturated heterocycles. The molecule has 4 N–H and O–H groups in total. The Morgan fingerprint density at radius 1 is 1.62 bits per heavy atom. The fourth-order valence-electron chi connectivity index (χ4n) is 0.781. The van der Waals surface area contributed by atoms with Crippen molar-refractivity contribution >= 4 is 12.1 Å². The van der Waals surface area contributed by atoms with Gasteiger partial charge in [-0.25, -0.2) is 9.59 Å². The predicted molar refractivity (Wildman–Crippen MR) is 45.3 cm³/mol. The molecule has 1 amide bonds. The zero-order valence-electron chi connectivity index (χ0n) is 7.45. The van der Waals surface area contributed by atoms with E-state index in [-0.39, 0.29) is 0 Å². The first kappa shape index (κ1) is 11.7. The molecule has 13 heavy (non-hydrogen) atoms. The molecule has 0 aliphatic rings. The molecule has 0 aliphatic heterocycles. The van der Waals surface area contributed by atoms with Crippen molar-refractivity contribution in [2.45, 2.75) is 18.9 Å². The lowest BCUT2D eigenvalue weighted by atomic mass is 10.1. The molecule has 0 aromatic heterocycles. The molecule has 0 spiro atoms. The number of carboxylic acid groups (broad SMARTS) is 1. The Morgan fingerprint density at radius 2 is 2.23 bits per heavy atom. The Bertz CT molecular complexity index is 183. The van der Waals surface area contributed by atoms with Gasteiger partial charge in [0.1, 0.15) is 6.04 Å². The summed E-state index contributed by atoms with van der Waals surface area (Å²) in [5, 5.41) is 10.8. The van der Waals surface area contributed by atoms with Crippen LogP contribution >= 0.6 is 0 Å². The van der Waals surface area contributed by atoms with Crippen LogP contribution in [0.4, 0.5) is 4.79 Å². The summed E-state index contributed by atoms with van der Waals surface area (Å²) in [6.07, 6.45) is 0.103. The van der Waals surface area contributed by atoms with E-state index >= 15 is 0 Å². The van der Waals surface area contributed by atoms with Crippen molar-refractivity contribution in [3.05, 3.63) is 0 Å². The molecule has 0 saturated carbocycles. The Kier molecular flexibility index (Phi) is 5.62. The molecule has 6 nitrogen and oxygen atoms in total. The van der Waals surface area contributed by atoms with Crippen LogP contribution in [0.15, 0.2) is 0 Å². The lowest BCUT2D eigenvalue weighted by molar-refractivity contribution is -0.139. The number of ether oxygens (including phenoxy) is 1. The van der Waals surface area contributed by atoms with Crippen molar-refractivity contribution in [1.82, 2.24) is 5.32 Å². The molecule has 0 fully saturated rings. The first-order chi connectivity index (χ1) is 6.11. The van der Waals surface area contributed by atoms with Gasteiger partial charge >= 0.3 is 12.1 Å². The third-order valence-corrected chi connectivity index (χ3v) is 1.47. The summed E-state index contributed by atoms with van der Waals surface area (Å²) in [7, 11) is 1.18. The second kappa shape index (κ2) is 6.24. The largest absolute Gasteiger partial charge is 0.480 e. The third kappa shape index (κ3) is 5.02. The van der Waals surface area contributed by atoms with Crippen LogP contribution in [-0.2, 0) is 9.53 Å². The number of carbonyl (C=O) groups excluding carboxylic acids is 1. The summed E-state index contributed by atoms with van der Waals surface area (Å²) in [6, 6.07) is -0.920. The van der Waals surface area contributed by atoms with Crippen LogP contribution < -0.4 is 11.1 Å². The highest BCUT2D eigenvalue weighted by Gasteiger charge is 2.18. The minimum atomic E-state index is -1.08. The summed E-state index contributed by atoms with van der Waals surface area (Å²) in [5.74, 6) is -1.08. The molecule has 0 bridgehead atoms. The Balaban J connectivity index is 3.94. The number of carbonyl (C=O) groups is 2. The summed E-state index contributed by atoms with van der Waals surface area (Å²) >= 11 is 0. The van der Waals surface area contributed by atoms with Crippen LogP contribution in [0.25, 0.3) is 0 Å². The topological polar surface area (TPSA) is 102 Å². The molecule has 0 rings (SSSR count). The number of aliphatic carboxylic acids is 1. The quantitative estimate of drug-likeness (QED) is 0.544. The zero-order chi connectivity index (χ0) is 10.3. The smallest absolute Gasteiger partial charge is 0.407 e. The highest BCUT2D eigenvalue weighted by molar-refractivity contribution is 5.79. The number of amides is 1. The van der Waals surface area contributed by atoms with E-state index in [1.54, 1.807) is 0 Å². The third-order valence-electron chi connectivity index (χ3n) is 1.47. The summed E-state index contributed by atoms with van der Waals surface area (Å²) < 4.78 is 4.27. The maximum Gasteiger partial charge on any atom is 0.407 e. The van der Waals surface area contributed by atoms with Gasteiger partial charge in [0.25, 0.3) is 0 Å². The molecule has 0 aromatic carbocycles. The molecule has 0 aromatic rings. The van der Waals surface area contributed by atoms with E-state index in [4.69, 9.17) is 10.8 Å². The number of methoxy groups -OCH3 is 1. The van der Waals surface area contributed by atoms with Gasteiger partial charge in [-0.1, -0.05) is 0 Å². The Morgan fingerprint density at radius 3 is 2.62 bits per heavy atom. The van der Waals surface area contributed by atoms with Gasteiger partial charge in [0.05, 0.1) is 7.11 Å².